The quantitative estimate of drug-likeness (QED) is 0.673. The molecule has 7 nitrogen and oxygen atoms in total. The van der Waals surface area contributed by atoms with Gasteiger partial charge in [-0.25, -0.2) is 15.3 Å². The lowest BCUT2D eigenvalue weighted by Crippen LogP contribution is -2.32. The van der Waals surface area contributed by atoms with Crippen LogP contribution in [0.2, 0.25) is 0 Å². The van der Waals surface area contributed by atoms with Gasteiger partial charge in [-0.15, -0.1) is 0 Å². The zero-order valence-electron chi connectivity index (χ0n) is 12.3. The van der Waals surface area contributed by atoms with E-state index in [1.165, 1.54) is 0 Å². The molecule has 0 saturated heterocycles. The van der Waals surface area contributed by atoms with Crippen molar-refractivity contribution in [3.8, 4) is 0 Å². The second-order valence-electron chi connectivity index (χ2n) is 5.21. The van der Waals surface area contributed by atoms with E-state index >= 15 is 0 Å². The van der Waals surface area contributed by atoms with Crippen molar-refractivity contribution in [3.05, 3.63) is 17.3 Å². The van der Waals surface area contributed by atoms with Gasteiger partial charge in [0.05, 0.1) is 0 Å². The molecule has 0 aliphatic heterocycles. The average Bonchev–Trinajstić information content (AvgIpc) is 2.68. The van der Waals surface area contributed by atoms with E-state index in [1.54, 1.807) is 26.3 Å². The summed E-state index contributed by atoms with van der Waals surface area (Å²) >= 11 is 0. The maximum Gasteiger partial charge on any atom is 0.452 e. The highest BCUT2D eigenvalue weighted by atomic mass is 19.4. The Hall–Kier alpha value is -2.10. The Morgan fingerprint density at radius 3 is 2.36 bits per heavy atom. The van der Waals surface area contributed by atoms with E-state index in [0.717, 1.165) is 6.92 Å². The van der Waals surface area contributed by atoms with Gasteiger partial charge in [0.2, 0.25) is 5.76 Å². The number of aromatic nitrogens is 1. The lowest BCUT2D eigenvalue weighted by atomic mass is 10.2. The first-order valence-corrected chi connectivity index (χ1v) is 6.09. The summed E-state index contributed by atoms with van der Waals surface area (Å²) in [6, 6.07) is 0. The van der Waals surface area contributed by atoms with Crippen molar-refractivity contribution in [1.29, 1.82) is 0 Å². The Balaban J connectivity index is 2.62. The Labute approximate surface area is 123 Å². The number of carbonyl (C=O) groups excluding carboxylic acids is 2. The lowest BCUT2D eigenvalue weighted by Gasteiger charge is -2.19. The number of oxazole rings is 1. The molecular formula is C12H15F3N2O5. The number of esters is 1. The number of aryl methyl sites for hydroxylation is 1. The topological polar surface area (TPSA) is 90.7 Å². The van der Waals surface area contributed by atoms with Gasteiger partial charge in [-0.1, -0.05) is 0 Å². The molecule has 0 spiro atoms. The number of nitrogens with zero attached hydrogens (tertiary/aromatic N) is 1. The molecule has 0 aromatic carbocycles. The van der Waals surface area contributed by atoms with E-state index in [9.17, 15) is 22.8 Å². The highest BCUT2D eigenvalue weighted by Gasteiger charge is 2.41. The summed E-state index contributed by atoms with van der Waals surface area (Å²) in [5, 5.41) is 0. The minimum Gasteiger partial charge on any atom is -0.458 e. The zero-order chi connectivity index (χ0) is 17.1. The van der Waals surface area contributed by atoms with Gasteiger partial charge in [0.1, 0.15) is 5.60 Å². The van der Waals surface area contributed by atoms with Crippen LogP contribution in [0, 0.1) is 6.92 Å². The van der Waals surface area contributed by atoms with Gasteiger partial charge in [0.25, 0.3) is 5.91 Å². The van der Waals surface area contributed by atoms with Gasteiger partial charge in [-0.2, -0.15) is 13.2 Å². The van der Waals surface area contributed by atoms with Crippen molar-refractivity contribution in [2.75, 3.05) is 6.61 Å². The van der Waals surface area contributed by atoms with Crippen LogP contribution in [0.5, 0.6) is 0 Å². The molecule has 22 heavy (non-hydrogen) atoms. The van der Waals surface area contributed by atoms with Crippen molar-refractivity contribution >= 4 is 11.9 Å². The number of nitrogens with one attached hydrogen (secondary N) is 1. The second kappa shape index (κ2) is 6.34. The van der Waals surface area contributed by atoms with Crippen molar-refractivity contribution in [1.82, 2.24) is 10.5 Å². The molecule has 0 bridgehead atoms. The highest BCUT2D eigenvalue weighted by Crippen LogP contribution is 2.32. The molecule has 124 valence electrons. The van der Waals surface area contributed by atoms with Crippen LogP contribution in [-0.4, -0.2) is 29.1 Å². The van der Waals surface area contributed by atoms with Crippen molar-refractivity contribution in [2.45, 2.75) is 39.5 Å². The largest absolute Gasteiger partial charge is 0.458 e. The molecule has 1 amide bonds. The summed E-state index contributed by atoms with van der Waals surface area (Å²) in [6.07, 6.45) is -4.88. The highest BCUT2D eigenvalue weighted by molar-refractivity contribution is 5.92. The molecule has 1 rings (SSSR count). The van der Waals surface area contributed by atoms with Crippen LogP contribution in [0.4, 0.5) is 13.2 Å². The van der Waals surface area contributed by atoms with Crippen molar-refractivity contribution in [2.24, 2.45) is 0 Å². The number of carbonyl (C=O) groups is 2. The van der Waals surface area contributed by atoms with Crippen molar-refractivity contribution in [3.63, 3.8) is 0 Å². The zero-order valence-corrected chi connectivity index (χ0v) is 12.3. The summed E-state index contributed by atoms with van der Waals surface area (Å²) in [4.78, 5) is 30.7. The molecule has 1 heterocycles. The second-order valence-corrected chi connectivity index (χ2v) is 5.21. The Bertz CT molecular complexity index is 560. The molecule has 0 saturated carbocycles. The first-order chi connectivity index (χ1) is 9.90. The number of hydroxylamine groups is 1. The third kappa shape index (κ3) is 5.35. The summed E-state index contributed by atoms with van der Waals surface area (Å²) in [5.41, 5.74) is -0.0513. The average molecular weight is 324 g/mol. The van der Waals surface area contributed by atoms with Crippen LogP contribution < -0.4 is 5.48 Å². The van der Waals surface area contributed by atoms with Crippen LogP contribution >= 0.6 is 0 Å². The minimum absolute atomic E-state index is 0.329. The third-order valence-electron chi connectivity index (χ3n) is 1.98. The third-order valence-corrected chi connectivity index (χ3v) is 1.98. The molecule has 1 aromatic heterocycles. The summed E-state index contributed by atoms with van der Waals surface area (Å²) in [6.45, 7) is 5.36. The molecule has 10 heteroatoms. The fraction of sp³-hybridized carbons (Fsp3) is 0.583. The van der Waals surface area contributed by atoms with E-state index in [0.29, 0.717) is 0 Å². The Kier molecular flexibility index (Phi) is 5.17. The standard InChI is InChI=1S/C12H15F3N2O5/c1-6-16-8(9(21-6)12(13,14)15)10(19)17-20-5-7(18)22-11(2,3)4/h5H2,1-4H3,(H,17,19). The molecule has 0 unspecified atom stereocenters. The first kappa shape index (κ1) is 18.0. The summed E-state index contributed by atoms with van der Waals surface area (Å²) in [5.74, 6) is -3.94. The number of rotatable bonds is 4. The molecular weight excluding hydrogens is 309 g/mol. The van der Waals surface area contributed by atoms with E-state index < -0.39 is 41.7 Å². The molecule has 0 aliphatic carbocycles. The van der Waals surface area contributed by atoms with Gasteiger partial charge in [-0.05, 0) is 20.8 Å². The summed E-state index contributed by atoms with van der Waals surface area (Å²) < 4.78 is 47.1. The van der Waals surface area contributed by atoms with E-state index in [-0.39, 0.29) is 5.89 Å². The SMILES string of the molecule is Cc1nc(C(=O)NOCC(=O)OC(C)(C)C)c(C(F)(F)F)o1. The molecule has 0 atom stereocenters. The number of alkyl halides is 3. The van der Waals surface area contributed by atoms with Gasteiger partial charge in [0.15, 0.2) is 18.2 Å². The molecule has 0 radical (unpaired) electrons. The number of hydrogen-bond acceptors (Lipinski definition) is 6. The maximum atomic E-state index is 12.6. The number of amides is 1. The van der Waals surface area contributed by atoms with E-state index in [2.05, 4.69) is 14.2 Å². The predicted octanol–water partition coefficient (Wildman–Crippen LogP) is 2.00. The predicted molar refractivity (Wildman–Crippen MR) is 65.5 cm³/mol. The fourth-order valence-corrected chi connectivity index (χ4v) is 1.35. The Morgan fingerprint density at radius 1 is 1.27 bits per heavy atom. The van der Waals surface area contributed by atoms with Crippen LogP contribution in [0.1, 0.15) is 42.9 Å². The maximum absolute atomic E-state index is 12.6. The van der Waals surface area contributed by atoms with Gasteiger partial charge in [-0.3, -0.25) is 9.63 Å². The monoisotopic (exact) mass is 324 g/mol. The summed E-state index contributed by atoms with van der Waals surface area (Å²) in [7, 11) is 0. The van der Waals surface area contributed by atoms with Crippen LogP contribution in [0.15, 0.2) is 4.42 Å². The smallest absolute Gasteiger partial charge is 0.452 e. The van der Waals surface area contributed by atoms with E-state index in [4.69, 9.17) is 4.74 Å². The van der Waals surface area contributed by atoms with Crippen LogP contribution in [0.3, 0.4) is 0 Å². The number of ether oxygens (including phenoxy) is 1. The lowest BCUT2D eigenvalue weighted by molar-refractivity contribution is -0.162. The van der Waals surface area contributed by atoms with Gasteiger partial charge in [0, 0.05) is 6.92 Å². The van der Waals surface area contributed by atoms with Crippen molar-refractivity contribution < 1.29 is 36.8 Å². The fourth-order valence-electron chi connectivity index (χ4n) is 1.35. The van der Waals surface area contributed by atoms with Gasteiger partial charge < -0.3 is 9.15 Å². The number of halogens is 3. The Morgan fingerprint density at radius 2 is 1.86 bits per heavy atom. The molecule has 0 fully saturated rings. The van der Waals surface area contributed by atoms with Gasteiger partial charge >= 0.3 is 12.1 Å². The molecule has 0 aliphatic rings. The first-order valence-electron chi connectivity index (χ1n) is 6.09. The van der Waals surface area contributed by atoms with E-state index in [1.807, 2.05) is 0 Å². The molecule has 1 N–H and O–H groups in total. The van der Waals surface area contributed by atoms with Crippen LogP contribution in [-0.2, 0) is 20.5 Å². The van der Waals surface area contributed by atoms with Crippen LogP contribution in [0.25, 0.3) is 0 Å². The number of hydrogen-bond donors (Lipinski definition) is 1. The normalized spacial score (nSPS) is 12.1. The molecule has 1 aromatic rings. The minimum atomic E-state index is -4.88.